The number of hydrogen-bond donors (Lipinski definition) is 1. The molecule has 0 aromatic carbocycles. The molecule has 78 valence electrons. The summed E-state index contributed by atoms with van der Waals surface area (Å²) in [5.74, 6) is 0.853. The molecular weight excluding hydrogens is 174 g/mol. The molecule has 0 spiro atoms. The Morgan fingerprint density at radius 3 is 2.93 bits per heavy atom. The third kappa shape index (κ3) is 2.15. The van der Waals surface area contributed by atoms with Gasteiger partial charge in [-0.05, 0) is 31.4 Å². The van der Waals surface area contributed by atoms with Crippen molar-refractivity contribution in [3.05, 3.63) is 18.0 Å². The van der Waals surface area contributed by atoms with Crippen LogP contribution in [0.2, 0.25) is 0 Å². The molecule has 3 nitrogen and oxygen atoms in total. The Kier molecular flexibility index (Phi) is 3.19. The van der Waals surface area contributed by atoms with E-state index in [4.69, 9.17) is 5.73 Å². The summed E-state index contributed by atoms with van der Waals surface area (Å²) in [5, 5.41) is 4.36. The smallest absolute Gasteiger partial charge is 0.0492 e. The van der Waals surface area contributed by atoms with E-state index in [0.29, 0.717) is 0 Å². The maximum atomic E-state index is 5.56. The van der Waals surface area contributed by atoms with Crippen molar-refractivity contribution < 1.29 is 0 Å². The summed E-state index contributed by atoms with van der Waals surface area (Å²) in [6.07, 6.45) is 8.40. The van der Waals surface area contributed by atoms with Crippen LogP contribution in [-0.4, -0.2) is 16.3 Å². The Hall–Kier alpha value is -0.830. The molecule has 2 N–H and O–H groups in total. The first-order chi connectivity index (χ1) is 6.90. The van der Waals surface area contributed by atoms with Gasteiger partial charge in [0.15, 0.2) is 0 Å². The van der Waals surface area contributed by atoms with Crippen molar-refractivity contribution in [2.24, 2.45) is 11.7 Å². The van der Waals surface area contributed by atoms with Gasteiger partial charge in [-0.3, -0.25) is 4.68 Å². The fourth-order valence-corrected chi connectivity index (χ4v) is 2.32. The lowest BCUT2D eigenvalue weighted by Crippen LogP contribution is -2.14. The lowest BCUT2D eigenvalue weighted by atomic mass is 10.1. The summed E-state index contributed by atoms with van der Waals surface area (Å²) in [4.78, 5) is 0. The number of nitrogens with zero attached hydrogens (tertiary/aromatic N) is 2. The SMILES string of the molecule is NCCc1ccnn1CC1CCCC1. The molecule has 14 heavy (non-hydrogen) atoms. The van der Waals surface area contributed by atoms with E-state index in [-0.39, 0.29) is 0 Å². The van der Waals surface area contributed by atoms with Crippen LogP contribution in [0.3, 0.4) is 0 Å². The van der Waals surface area contributed by atoms with Crippen molar-refractivity contribution in [1.29, 1.82) is 0 Å². The van der Waals surface area contributed by atoms with Gasteiger partial charge in [-0.2, -0.15) is 5.10 Å². The van der Waals surface area contributed by atoms with Crippen molar-refractivity contribution in [3.8, 4) is 0 Å². The van der Waals surface area contributed by atoms with Gasteiger partial charge in [0.05, 0.1) is 0 Å². The monoisotopic (exact) mass is 193 g/mol. The zero-order valence-corrected chi connectivity index (χ0v) is 8.65. The molecule has 0 radical (unpaired) electrons. The minimum atomic E-state index is 0.719. The van der Waals surface area contributed by atoms with Crippen LogP contribution >= 0.6 is 0 Å². The Morgan fingerprint density at radius 1 is 1.43 bits per heavy atom. The number of rotatable bonds is 4. The van der Waals surface area contributed by atoms with Gasteiger partial charge in [-0.25, -0.2) is 0 Å². The van der Waals surface area contributed by atoms with Gasteiger partial charge in [0.25, 0.3) is 0 Å². The van der Waals surface area contributed by atoms with E-state index in [2.05, 4.69) is 15.8 Å². The maximum Gasteiger partial charge on any atom is 0.0492 e. The predicted octanol–water partition coefficient (Wildman–Crippen LogP) is 1.57. The molecule has 1 saturated carbocycles. The molecule has 0 aliphatic heterocycles. The minimum Gasteiger partial charge on any atom is -0.330 e. The van der Waals surface area contributed by atoms with E-state index in [9.17, 15) is 0 Å². The first kappa shape index (κ1) is 9.71. The van der Waals surface area contributed by atoms with Crippen LogP contribution in [0.4, 0.5) is 0 Å². The molecule has 0 bridgehead atoms. The van der Waals surface area contributed by atoms with Crippen molar-refractivity contribution in [2.45, 2.75) is 38.6 Å². The zero-order chi connectivity index (χ0) is 9.80. The van der Waals surface area contributed by atoms with E-state index >= 15 is 0 Å². The quantitative estimate of drug-likeness (QED) is 0.789. The zero-order valence-electron chi connectivity index (χ0n) is 8.65. The van der Waals surface area contributed by atoms with E-state index in [1.807, 2.05) is 6.20 Å². The van der Waals surface area contributed by atoms with Crippen molar-refractivity contribution in [2.75, 3.05) is 6.54 Å². The van der Waals surface area contributed by atoms with Crippen LogP contribution in [0.5, 0.6) is 0 Å². The maximum absolute atomic E-state index is 5.56. The fourth-order valence-electron chi connectivity index (χ4n) is 2.32. The highest BCUT2D eigenvalue weighted by Gasteiger charge is 2.16. The van der Waals surface area contributed by atoms with Crippen LogP contribution in [0.25, 0.3) is 0 Å². The summed E-state index contributed by atoms with van der Waals surface area (Å²) in [5.41, 5.74) is 6.85. The summed E-state index contributed by atoms with van der Waals surface area (Å²) in [6.45, 7) is 1.82. The second kappa shape index (κ2) is 4.60. The van der Waals surface area contributed by atoms with Crippen molar-refractivity contribution >= 4 is 0 Å². The van der Waals surface area contributed by atoms with Gasteiger partial charge >= 0.3 is 0 Å². The molecule has 1 aromatic rings. The van der Waals surface area contributed by atoms with Crippen LogP contribution in [0.15, 0.2) is 12.3 Å². The van der Waals surface area contributed by atoms with Crippen molar-refractivity contribution in [1.82, 2.24) is 9.78 Å². The van der Waals surface area contributed by atoms with E-state index in [1.165, 1.54) is 31.4 Å². The number of hydrogen-bond acceptors (Lipinski definition) is 2. The van der Waals surface area contributed by atoms with E-state index < -0.39 is 0 Å². The molecule has 0 amide bonds. The molecule has 2 rings (SSSR count). The lowest BCUT2D eigenvalue weighted by Gasteiger charge is -2.11. The fraction of sp³-hybridized carbons (Fsp3) is 0.727. The normalized spacial score (nSPS) is 17.8. The third-order valence-electron chi connectivity index (χ3n) is 3.11. The van der Waals surface area contributed by atoms with Gasteiger partial charge in [-0.1, -0.05) is 12.8 Å². The van der Waals surface area contributed by atoms with E-state index in [1.54, 1.807) is 0 Å². The summed E-state index contributed by atoms with van der Waals surface area (Å²) in [7, 11) is 0. The molecule has 1 aromatic heterocycles. The van der Waals surface area contributed by atoms with Crippen molar-refractivity contribution in [3.63, 3.8) is 0 Å². The first-order valence-electron chi connectivity index (χ1n) is 5.61. The average molecular weight is 193 g/mol. The molecule has 1 aliphatic carbocycles. The Morgan fingerprint density at radius 2 is 2.21 bits per heavy atom. The number of aromatic nitrogens is 2. The Bertz CT molecular complexity index is 274. The highest BCUT2D eigenvalue weighted by Crippen LogP contribution is 2.26. The Balaban J connectivity index is 1.96. The molecular formula is C11H19N3. The van der Waals surface area contributed by atoms with Crippen LogP contribution < -0.4 is 5.73 Å². The molecule has 0 unspecified atom stereocenters. The topological polar surface area (TPSA) is 43.8 Å². The molecule has 1 aliphatic rings. The van der Waals surface area contributed by atoms with Gasteiger partial charge in [0.2, 0.25) is 0 Å². The predicted molar refractivity (Wildman–Crippen MR) is 56.9 cm³/mol. The second-order valence-corrected chi connectivity index (χ2v) is 4.19. The third-order valence-corrected chi connectivity index (χ3v) is 3.11. The molecule has 3 heteroatoms. The van der Waals surface area contributed by atoms with Gasteiger partial charge < -0.3 is 5.73 Å². The number of nitrogens with two attached hydrogens (primary N) is 1. The standard InChI is InChI=1S/C11H19N3/c12-7-5-11-6-8-13-14(11)9-10-3-1-2-4-10/h6,8,10H,1-5,7,9,12H2. The molecule has 1 heterocycles. The van der Waals surface area contributed by atoms with Crippen LogP contribution in [0, 0.1) is 5.92 Å². The largest absolute Gasteiger partial charge is 0.330 e. The highest BCUT2D eigenvalue weighted by atomic mass is 15.3. The summed E-state index contributed by atoms with van der Waals surface area (Å²) < 4.78 is 2.14. The highest BCUT2D eigenvalue weighted by molar-refractivity contribution is 5.01. The second-order valence-electron chi connectivity index (χ2n) is 4.19. The van der Waals surface area contributed by atoms with E-state index in [0.717, 1.165) is 25.4 Å². The van der Waals surface area contributed by atoms with Crippen LogP contribution in [-0.2, 0) is 13.0 Å². The summed E-state index contributed by atoms with van der Waals surface area (Å²) in [6, 6.07) is 2.09. The molecule has 0 atom stereocenters. The summed E-state index contributed by atoms with van der Waals surface area (Å²) >= 11 is 0. The molecule has 1 fully saturated rings. The van der Waals surface area contributed by atoms with Gasteiger partial charge in [0, 0.05) is 24.9 Å². The molecule has 0 saturated heterocycles. The van der Waals surface area contributed by atoms with Crippen LogP contribution in [0.1, 0.15) is 31.4 Å². The first-order valence-corrected chi connectivity index (χ1v) is 5.61. The van der Waals surface area contributed by atoms with Gasteiger partial charge in [-0.15, -0.1) is 0 Å². The Labute approximate surface area is 85.3 Å². The average Bonchev–Trinajstić information content (AvgIpc) is 2.80. The lowest BCUT2D eigenvalue weighted by molar-refractivity contribution is 0.419. The van der Waals surface area contributed by atoms with Gasteiger partial charge in [0.1, 0.15) is 0 Å². The minimum absolute atomic E-state index is 0.719.